The summed E-state index contributed by atoms with van der Waals surface area (Å²) in [5.74, 6) is -3.07. The fourth-order valence-electron chi connectivity index (χ4n) is 4.54. The average molecular weight is 577 g/mol. The quantitative estimate of drug-likeness (QED) is 0.290. The topological polar surface area (TPSA) is 117 Å². The van der Waals surface area contributed by atoms with Crippen molar-refractivity contribution in [2.75, 3.05) is 24.3 Å². The van der Waals surface area contributed by atoms with Crippen LogP contribution in [0.1, 0.15) is 58.2 Å². The molecule has 10 heteroatoms. The van der Waals surface area contributed by atoms with Gasteiger partial charge in [0.15, 0.2) is 0 Å². The Morgan fingerprint density at radius 3 is 2.19 bits per heavy atom. The van der Waals surface area contributed by atoms with E-state index < -0.39 is 41.7 Å². The van der Waals surface area contributed by atoms with Crippen molar-refractivity contribution in [3.8, 4) is 0 Å². The third-order valence-corrected chi connectivity index (χ3v) is 6.51. The molecule has 9 nitrogen and oxygen atoms in total. The normalized spacial score (nSPS) is 11.5. The van der Waals surface area contributed by atoms with E-state index in [9.17, 15) is 23.6 Å². The maximum atomic E-state index is 14.4. The number of esters is 1. The van der Waals surface area contributed by atoms with Crippen LogP contribution in [0.5, 0.6) is 0 Å². The van der Waals surface area contributed by atoms with Crippen LogP contribution in [0.2, 0.25) is 0 Å². The number of carbonyl (C=O) groups is 4. The molecule has 0 aliphatic carbocycles. The molecule has 222 valence electrons. The molecule has 0 aromatic heterocycles. The third-order valence-electron chi connectivity index (χ3n) is 6.51. The molecule has 3 amide bonds. The van der Waals surface area contributed by atoms with Crippen LogP contribution in [0.15, 0.2) is 60.7 Å². The fourth-order valence-corrected chi connectivity index (χ4v) is 4.54. The van der Waals surface area contributed by atoms with Crippen molar-refractivity contribution in [2.24, 2.45) is 0 Å². The number of aryl methyl sites for hydroxylation is 1. The van der Waals surface area contributed by atoms with Gasteiger partial charge in [-0.2, -0.15) is 0 Å². The third kappa shape index (κ3) is 7.79. The Morgan fingerprint density at radius 2 is 1.62 bits per heavy atom. The van der Waals surface area contributed by atoms with Crippen molar-refractivity contribution in [3.63, 3.8) is 0 Å². The molecule has 3 rings (SSSR count). The summed E-state index contributed by atoms with van der Waals surface area (Å²) >= 11 is 0. The van der Waals surface area contributed by atoms with Gasteiger partial charge in [0.05, 0.1) is 22.9 Å². The molecular weight excluding hydrogens is 539 g/mol. The first-order chi connectivity index (χ1) is 20.0. The van der Waals surface area contributed by atoms with Crippen LogP contribution >= 0.6 is 0 Å². The molecule has 0 radical (unpaired) electrons. The van der Waals surface area contributed by atoms with Gasteiger partial charge in [0.1, 0.15) is 11.9 Å². The molecule has 0 spiro atoms. The number of amides is 3. The number of hydrogen-bond donors (Lipinski definition) is 3. The van der Waals surface area contributed by atoms with Gasteiger partial charge in [-0.15, -0.1) is 0 Å². The Morgan fingerprint density at radius 1 is 0.952 bits per heavy atom. The summed E-state index contributed by atoms with van der Waals surface area (Å²) in [6, 6.07) is 15.1. The van der Waals surface area contributed by atoms with Gasteiger partial charge in [-0.3, -0.25) is 14.4 Å². The van der Waals surface area contributed by atoms with Crippen LogP contribution < -0.4 is 20.9 Å². The summed E-state index contributed by atoms with van der Waals surface area (Å²) in [5, 5.41) is 8.65. The zero-order chi connectivity index (χ0) is 31.0. The summed E-state index contributed by atoms with van der Waals surface area (Å²) in [6.45, 7) is 6.84. The molecular formula is C32H37FN4O5. The molecule has 3 aromatic carbocycles. The first kappa shape index (κ1) is 32.0. The minimum Gasteiger partial charge on any atom is -0.461 e. The number of ether oxygens (including phenoxy) is 1. The van der Waals surface area contributed by atoms with Crippen LogP contribution in [0, 0.1) is 12.7 Å². The maximum Gasteiger partial charge on any atom is 0.329 e. The lowest BCUT2D eigenvalue weighted by Crippen LogP contribution is -2.44. The van der Waals surface area contributed by atoms with Gasteiger partial charge in [0.25, 0.3) is 11.8 Å². The van der Waals surface area contributed by atoms with Crippen molar-refractivity contribution in [1.29, 1.82) is 0 Å². The summed E-state index contributed by atoms with van der Waals surface area (Å²) in [5.41, 5.74) is 3.04. The van der Waals surface area contributed by atoms with Crippen molar-refractivity contribution in [2.45, 2.75) is 52.8 Å². The van der Waals surface area contributed by atoms with E-state index in [0.29, 0.717) is 34.6 Å². The molecule has 0 saturated heterocycles. The Labute approximate surface area is 245 Å². The zero-order valence-electron chi connectivity index (χ0n) is 24.7. The fraction of sp³-hybridized carbons (Fsp3) is 0.312. The van der Waals surface area contributed by atoms with Gasteiger partial charge < -0.3 is 20.7 Å². The highest BCUT2D eigenvalue weighted by atomic mass is 19.1. The number of benzene rings is 3. The van der Waals surface area contributed by atoms with Gasteiger partial charge in [0.2, 0.25) is 5.91 Å². The summed E-state index contributed by atoms with van der Waals surface area (Å²) in [4.78, 5) is 53.2. The van der Waals surface area contributed by atoms with Crippen LogP contribution in [0.4, 0.5) is 15.8 Å². The molecule has 0 heterocycles. The SMILES string of the molecule is CNCc1ccc(NC)c(C(=O)N(C(C)=O)c2ccc(C[C@H](NC(=O)c3c(C)cccc3F)C(=O)OC(C)C)cc2)c1. The van der Waals surface area contributed by atoms with Crippen LogP contribution in [0.25, 0.3) is 0 Å². The van der Waals surface area contributed by atoms with E-state index in [-0.39, 0.29) is 12.0 Å². The number of imide groups is 1. The predicted octanol–water partition coefficient (Wildman–Crippen LogP) is 4.38. The Balaban J connectivity index is 1.89. The molecule has 0 saturated carbocycles. The summed E-state index contributed by atoms with van der Waals surface area (Å²) < 4.78 is 19.8. The highest BCUT2D eigenvalue weighted by molar-refractivity contribution is 6.22. The maximum absolute atomic E-state index is 14.4. The minimum atomic E-state index is -1.11. The largest absolute Gasteiger partial charge is 0.461 e. The van der Waals surface area contributed by atoms with Crippen LogP contribution in [-0.2, 0) is 27.3 Å². The Kier molecular flexibility index (Phi) is 10.9. The van der Waals surface area contributed by atoms with Gasteiger partial charge in [0, 0.05) is 32.6 Å². The van der Waals surface area contributed by atoms with Gasteiger partial charge in [-0.25, -0.2) is 14.1 Å². The lowest BCUT2D eigenvalue weighted by atomic mass is 10.0. The molecule has 3 N–H and O–H groups in total. The van der Waals surface area contributed by atoms with Crippen molar-refractivity contribution in [1.82, 2.24) is 10.6 Å². The molecule has 42 heavy (non-hydrogen) atoms. The van der Waals surface area contributed by atoms with E-state index in [1.807, 2.05) is 6.07 Å². The average Bonchev–Trinajstić information content (AvgIpc) is 2.93. The van der Waals surface area contributed by atoms with E-state index in [4.69, 9.17) is 4.74 Å². The minimum absolute atomic E-state index is 0.0368. The highest BCUT2D eigenvalue weighted by Gasteiger charge is 2.28. The van der Waals surface area contributed by atoms with E-state index >= 15 is 0 Å². The molecule has 0 fully saturated rings. The molecule has 0 aliphatic rings. The summed E-state index contributed by atoms with van der Waals surface area (Å²) in [6.07, 6.45) is -0.395. The van der Waals surface area contributed by atoms with Crippen molar-refractivity contribution in [3.05, 3.63) is 94.3 Å². The molecule has 0 bridgehead atoms. The highest BCUT2D eigenvalue weighted by Crippen LogP contribution is 2.24. The number of anilines is 2. The van der Waals surface area contributed by atoms with Gasteiger partial charge in [-0.1, -0.05) is 30.3 Å². The Bertz CT molecular complexity index is 1440. The van der Waals surface area contributed by atoms with E-state index in [0.717, 1.165) is 10.5 Å². The second-order valence-corrected chi connectivity index (χ2v) is 10.1. The molecule has 3 aromatic rings. The second kappa shape index (κ2) is 14.4. The molecule has 0 aliphatic heterocycles. The number of rotatable bonds is 11. The van der Waals surface area contributed by atoms with Crippen molar-refractivity contribution >= 4 is 35.1 Å². The first-order valence-corrected chi connectivity index (χ1v) is 13.6. The smallest absolute Gasteiger partial charge is 0.329 e. The lowest BCUT2D eigenvalue weighted by molar-refractivity contribution is -0.149. The van der Waals surface area contributed by atoms with Crippen molar-refractivity contribution < 1.29 is 28.3 Å². The van der Waals surface area contributed by atoms with Gasteiger partial charge >= 0.3 is 5.97 Å². The Hall–Kier alpha value is -4.57. The second-order valence-electron chi connectivity index (χ2n) is 10.1. The van der Waals surface area contributed by atoms with Crippen LogP contribution in [0.3, 0.4) is 0 Å². The standard InChI is InChI=1S/C32H37FN4O5/c1-19(2)42-32(41)28(36-30(39)29-20(3)8-7-9-26(29)33)17-22-10-13-24(14-11-22)37(21(4)38)31(40)25-16-23(18-34-5)12-15-27(25)35-6/h7-16,19,28,34-35H,17-18H2,1-6H3,(H,36,39)/t28-/m0/s1. The number of nitrogens with one attached hydrogen (secondary N) is 3. The number of carbonyl (C=O) groups excluding carboxylic acids is 4. The summed E-state index contributed by atoms with van der Waals surface area (Å²) in [7, 11) is 3.50. The number of hydrogen-bond acceptors (Lipinski definition) is 7. The van der Waals surface area contributed by atoms with Crippen LogP contribution in [-0.4, -0.2) is 49.9 Å². The lowest BCUT2D eigenvalue weighted by Gasteiger charge is -2.22. The van der Waals surface area contributed by atoms with E-state index in [1.54, 1.807) is 77.3 Å². The molecule has 1 atom stereocenters. The van der Waals surface area contributed by atoms with E-state index in [2.05, 4.69) is 16.0 Å². The van der Waals surface area contributed by atoms with E-state index in [1.165, 1.54) is 19.1 Å². The molecule has 0 unspecified atom stereocenters. The predicted molar refractivity (Wildman–Crippen MR) is 160 cm³/mol. The number of halogens is 1. The monoisotopic (exact) mass is 576 g/mol. The number of nitrogens with zero attached hydrogens (tertiary/aromatic N) is 1. The zero-order valence-corrected chi connectivity index (χ0v) is 24.7. The van der Waals surface area contributed by atoms with Gasteiger partial charge in [-0.05, 0) is 74.8 Å². The first-order valence-electron chi connectivity index (χ1n) is 13.6.